The number of carbonyl (C=O) groups is 1. The van der Waals surface area contributed by atoms with Crippen LogP contribution in [-0.2, 0) is 4.79 Å². The number of quaternary nitrogens is 1. The standard InChI is InChI=1S/C20H39NO2.H3N/c1-5-9-13-19(14-10-6-2)17-21(16-12-8-4)20(19,18(22)23)15-11-7-3;/h5-17H2,1-4H3,(H,22,23);1H3. The fourth-order valence-corrected chi connectivity index (χ4v) is 4.52. The lowest BCUT2D eigenvalue weighted by Crippen LogP contribution is -2.80. The molecule has 1 rings (SSSR count). The molecule has 0 aromatic heterocycles. The van der Waals surface area contributed by atoms with Gasteiger partial charge in [-0.15, -0.1) is 0 Å². The summed E-state index contributed by atoms with van der Waals surface area (Å²) in [5.41, 5.74) is -0.761. The third-order valence-electron chi connectivity index (χ3n) is 5.94. The molecule has 1 unspecified atom stereocenters. The van der Waals surface area contributed by atoms with Crippen molar-refractivity contribution in [3.8, 4) is 0 Å². The first kappa shape index (κ1) is 23.4. The van der Waals surface area contributed by atoms with Crippen molar-refractivity contribution in [3.05, 3.63) is 0 Å². The van der Waals surface area contributed by atoms with Crippen LogP contribution in [-0.4, -0.2) is 29.5 Å². The average molecular weight is 343 g/mol. The summed E-state index contributed by atoms with van der Waals surface area (Å²) in [4.78, 5) is 14.6. The maximum Gasteiger partial charge on any atom is 0.0675 e. The predicted molar refractivity (Wildman–Crippen MR) is 101 cm³/mol. The molecule has 0 aliphatic carbocycles. The Morgan fingerprint density at radius 2 is 1.33 bits per heavy atom. The fraction of sp³-hybridized carbons (Fsp3) is 0.950. The molecule has 1 aliphatic rings. The summed E-state index contributed by atoms with van der Waals surface area (Å²) < 4.78 is 0. The number of hydrogen-bond donors (Lipinski definition) is 1. The van der Waals surface area contributed by atoms with Crippen molar-refractivity contribution in [1.82, 2.24) is 11.1 Å². The average Bonchev–Trinajstić information content (AvgIpc) is 2.53. The van der Waals surface area contributed by atoms with Gasteiger partial charge in [0, 0.05) is 12.0 Å². The van der Waals surface area contributed by atoms with E-state index in [1.54, 1.807) is 0 Å². The summed E-state index contributed by atoms with van der Waals surface area (Å²) in [6, 6.07) is 0. The number of aliphatic carboxylic acids is 1. The van der Waals surface area contributed by atoms with E-state index in [4.69, 9.17) is 0 Å². The first-order valence-electron chi connectivity index (χ1n) is 10.0. The maximum atomic E-state index is 12.4. The molecule has 4 N–H and O–H groups in total. The van der Waals surface area contributed by atoms with Gasteiger partial charge in [-0.1, -0.05) is 72.6 Å². The molecule has 1 saturated heterocycles. The highest BCUT2D eigenvalue weighted by Gasteiger charge is 2.62. The first-order chi connectivity index (χ1) is 11.0. The van der Waals surface area contributed by atoms with Gasteiger partial charge in [-0.25, -0.2) is 0 Å². The zero-order chi connectivity index (χ0) is 17.3. The van der Waals surface area contributed by atoms with E-state index in [2.05, 4.69) is 32.6 Å². The number of hydrogen-bond acceptors (Lipinski definition) is 3. The Morgan fingerprint density at radius 1 is 0.875 bits per heavy atom. The van der Waals surface area contributed by atoms with Crippen molar-refractivity contribution in [2.75, 3.05) is 13.1 Å². The molecule has 0 radical (unpaired) electrons. The van der Waals surface area contributed by atoms with Crippen LogP contribution in [0.2, 0.25) is 0 Å². The summed E-state index contributed by atoms with van der Waals surface area (Å²) in [5, 5.41) is 12.4. The van der Waals surface area contributed by atoms with Gasteiger partial charge < -0.3 is 16.1 Å². The molecule has 1 fully saturated rings. The predicted octanol–water partition coefficient (Wildman–Crippen LogP) is 4.52. The van der Waals surface area contributed by atoms with Crippen LogP contribution in [0.1, 0.15) is 98.3 Å². The topological polar surface area (TPSA) is 79.9 Å². The van der Waals surface area contributed by atoms with Gasteiger partial charge in [0.25, 0.3) is 0 Å². The molecule has 0 spiro atoms. The van der Waals surface area contributed by atoms with Crippen LogP contribution in [0.5, 0.6) is 0 Å². The van der Waals surface area contributed by atoms with Gasteiger partial charge in [0.05, 0.1) is 11.5 Å². The Labute approximate surface area is 150 Å². The van der Waals surface area contributed by atoms with Crippen molar-refractivity contribution >= 4 is 5.97 Å². The van der Waals surface area contributed by atoms with Crippen LogP contribution in [0, 0.1) is 5.41 Å². The molecule has 144 valence electrons. The minimum absolute atomic E-state index is 0. The SMILES string of the molecule is CCCCN1CC(CCCC)(CCCC)C1(CCCC)C(=O)[O-].[NH4+]. The van der Waals surface area contributed by atoms with Gasteiger partial charge in [-0.05, 0) is 32.2 Å². The molecule has 0 bridgehead atoms. The number of rotatable bonds is 13. The molecule has 0 saturated carbocycles. The van der Waals surface area contributed by atoms with Crippen molar-refractivity contribution < 1.29 is 9.90 Å². The van der Waals surface area contributed by atoms with Crippen molar-refractivity contribution in [3.63, 3.8) is 0 Å². The molecule has 0 aromatic rings. The Bertz CT molecular complexity index is 352. The highest BCUT2D eigenvalue weighted by Crippen LogP contribution is 2.56. The molecule has 4 heteroatoms. The lowest BCUT2D eigenvalue weighted by atomic mass is 9.54. The van der Waals surface area contributed by atoms with Crippen molar-refractivity contribution in [2.24, 2.45) is 5.41 Å². The Hall–Kier alpha value is -0.610. The number of unbranched alkanes of at least 4 members (excludes halogenated alkanes) is 4. The minimum Gasteiger partial charge on any atom is -0.548 e. The van der Waals surface area contributed by atoms with Crippen molar-refractivity contribution in [2.45, 2.75) is 104 Å². The van der Waals surface area contributed by atoms with Gasteiger partial charge in [-0.2, -0.15) is 0 Å². The van der Waals surface area contributed by atoms with Crippen LogP contribution >= 0.6 is 0 Å². The van der Waals surface area contributed by atoms with Crippen LogP contribution in [0.25, 0.3) is 0 Å². The van der Waals surface area contributed by atoms with Gasteiger partial charge in [0.2, 0.25) is 0 Å². The largest absolute Gasteiger partial charge is 0.548 e. The molecule has 0 amide bonds. The Morgan fingerprint density at radius 3 is 1.75 bits per heavy atom. The molecular formula is C20H42N2O2. The van der Waals surface area contributed by atoms with Crippen LogP contribution in [0.3, 0.4) is 0 Å². The highest BCUT2D eigenvalue weighted by atomic mass is 16.4. The van der Waals surface area contributed by atoms with Gasteiger partial charge >= 0.3 is 0 Å². The fourth-order valence-electron chi connectivity index (χ4n) is 4.52. The van der Waals surface area contributed by atoms with E-state index in [9.17, 15) is 9.90 Å². The lowest BCUT2D eigenvalue weighted by molar-refractivity contribution is -0.341. The molecule has 1 heterocycles. The summed E-state index contributed by atoms with van der Waals surface area (Å²) in [5.74, 6) is -0.805. The summed E-state index contributed by atoms with van der Waals surface area (Å²) in [7, 11) is 0. The Kier molecular flexibility index (Phi) is 10.8. The summed E-state index contributed by atoms with van der Waals surface area (Å²) in [6.07, 6.45) is 11.6. The normalized spacial score (nSPS) is 22.7. The summed E-state index contributed by atoms with van der Waals surface area (Å²) >= 11 is 0. The number of nitrogens with zero attached hydrogens (tertiary/aromatic N) is 1. The number of carboxylic acid groups (broad SMARTS) is 1. The molecule has 0 aromatic carbocycles. The third-order valence-corrected chi connectivity index (χ3v) is 5.94. The van der Waals surface area contributed by atoms with Crippen LogP contribution in [0.4, 0.5) is 0 Å². The first-order valence-corrected chi connectivity index (χ1v) is 10.0. The van der Waals surface area contributed by atoms with E-state index in [0.717, 1.165) is 83.7 Å². The van der Waals surface area contributed by atoms with E-state index in [0.29, 0.717) is 0 Å². The van der Waals surface area contributed by atoms with E-state index < -0.39 is 11.5 Å². The van der Waals surface area contributed by atoms with Gasteiger partial charge in [0.15, 0.2) is 0 Å². The van der Waals surface area contributed by atoms with Crippen LogP contribution < -0.4 is 11.3 Å². The number of carboxylic acids is 1. The molecule has 4 nitrogen and oxygen atoms in total. The van der Waals surface area contributed by atoms with E-state index in [1.165, 1.54) is 0 Å². The Balaban J connectivity index is 0.00000529. The number of likely N-dealkylation sites (tertiary alicyclic amines) is 1. The van der Waals surface area contributed by atoms with Gasteiger partial charge in [-0.3, -0.25) is 4.90 Å². The second-order valence-electron chi connectivity index (χ2n) is 7.51. The zero-order valence-electron chi connectivity index (χ0n) is 17.0. The summed E-state index contributed by atoms with van der Waals surface area (Å²) in [6.45, 7) is 10.6. The van der Waals surface area contributed by atoms with E-state index in [1.807, 2.05) is 0 Å². The van der Waals surface area contributed by atoms with Gasteiger partial charge in [0.1, 0.15) is 0 Å². The van der Waals surface area contributed by atoms with E-state index >= 15 is 0 Å². The van der Waals surface area contributed by atoms with Crippen molar-refractivity contribution in [1.29, 1.82) is 0 Å². The minimum atomic E-state index is -0.805. The third kappa shape index (κ3) is 4.51. The van der Waals surface area contributed by atoms with E-state index in [-0.39, 0.29) is 11.6 Å². The monoisotopic (exact) mass is 342 g/mol. The second kappa shape index (κ2) is 11.1. The van der Waals surface area contributed by atoms with Crippen LogP contribution in [0.15, 0.2) is 0 Å². The molecular weight excluding hydrogens is 300 g/mol. The molecule has 1 aliphatic heterocycles. The molecule has 1 atom stereocenters. The maximum absolute atomic E-state index is 12.4. The quantitative estimate of drug-likeness (QED) is 0.534. The smallest absolute Gasteiger partial charge is 0.0675 e. The molecule has 24 heavy (non-hydrogen) atoms. The zero-order valence-corrected chi connectivity index (χ0v) is 17.0. The lowest BCUT2D eigenvalue weighted by Gasteiger charge is -2.68. The second-order valence-corrected chi connectivity index (χ2v) is 7.51. The highest BCUT2D eigenvalue weighted by molar-refractivity contribution is 5.80. The number of carbonyl (C=O) groups excluding carboxylic acids is 1.